The summed E-state index contributed by atoms with van der Waals surface area (Å²) < 4.78 is 7.83. The molecule has 1 aliphatic rings. The third-order valence-corrected chi connectivity index (χ3v) is 4.04. The van der Waals surface area contributed by atoms with E-state index in [4.69, 9.17) is 4.74 Å². The van der Waals surface area contributed by atoms with E-state index in [1.165, 1.54) is 5.56 Å². The summed E-state index contributed by atoms with van der Waals surface area (Å²) in [6.07, 6.45) is 4.58. The standard InChI is InChI=1S/C18H24N4O/c1-15-19-16(2)22(20-15)14-18-13-21(11-12-23-18)10-6-9-17-7-4-3-5-8-17/h3-9,18H,10-14H2,1-2H3/b9-6-/t18-/m0/s1. The molecule has 5 heteroatoms. The van der Waals surface area contributed by atoms with E-state index in [-0.39, 0.29) is 6.10 Å². The summed E-state index contributed by atoms with van der Waals surface area (Å²) in [5.41, 5.74) is 1.24. The summed E-state index contributed by atoms with van der Waals surface area (Å²) in [6, 6.07) is 10.4. The lowest BCUT2D eigenvalue weighted by atomic mass is 10.2. The highest BCUT2D eigenvalue weighted by Gasteiger charge is 2.21. The Kier molecular flexibility index (Phi) is 5.20. The minimum Gasteiger partial charge on any atom is -0.374 e. The van der Waals surface area contributed by atoms with Crippen LogP contribution in [0.25, 0.3) is 6.08 Å². The van der Waals surface area contributed by atoms with Gasteiger partial charge < -0.3 is 4.74 Å². The van der Waals surface area contributed by atoms with E-state index in [9.17, 15) is 0 Å². The first-order chi connectivity index (χ1) is 11.2. The minimum atomic E-state index is 0.175. The molecule has 0 bridgehead atoms. The van der Waals surface area contributed by atoms with Crippen LogP contribution in [0.5, 0.6) is 0 Å². The van der Waals surface area contributed by atoms with Crippen LogP contribution in [0, 0.1) is 13.8 Å². The van der Waals surface area contributed by atoms with Gasteiger partial charge in [-0.05, 0) is 19.4 Å². The molecule has 23 heavy (non-hydrogen) atoms. The summed E-state index contributed by atoms with van der Waals surface area (Å²) in [7, 11) is 0. The van der Waals surface area contributed by atoms with Crippen molar-refractivity contribution in [3.8, 4) is 0 Å². The van der Waals surface area contributed by atoms with Crippen molar-refractivity contribution in [3.05, 3.63) is 53.6 Å². The van der Waals surface area contributed by atoms with Crippen LogP contribution < -0.4 is 0 Å². The maximum atomic E-state index is 5.89. The summed E-state index contributed by atoms with van der Waals surface area (Å²) in [4.78, 5) is 6.77. The zero-order valence-electron chi connectivity index (χ0n) is 13.9. The summed E-state index contributed by atoms with van der Waals surface area (Å²) in [5, 5.41) is 4.42. The maximum Gasteiger partial charge on any atom is 0.147 e. The number of hydrogen-bond acceptors (Lipinski definition) is 4. The molecule has 0 spiro atoms. The second-order valence-corrected chi connectivity index (χ2v) is 5.95. The van der Waals surface area contributed by atoms with Gasteiger partial charge in [0.1, 0.15) is 11.6 Å². The fraction of sp³-hybridized carbons (Fsp3) is 0.444. The number of aromatic nitrogens is 3. The highest BCUT2D eigenvalue weighted by Crippen LogP contribution is 2.09. The molecule has 122 valence electrons. The average molecular weight is 312 g/mol. The molecule has 0 amide bonds. The van der Waals surface area contributed by atoms with E-state index in [1.807, 2.05) is 24.6 Å². The van der Waals surface area contributed by atoms with Crippen LogP contribution in [0.2, 0.25) is 0 Å². The molecule has 1 saturated heterocycles. The predicted octanol–water partition coefficient (Wildman–Crippen LogP) is 2.31. The zero-order chi connectivity index (χ0) is 16.1. The molecule has 1 aliphatic heterocycles. The molecular weight excluding hydrogens is 288 g/mol. The molecule has 0 unspecified atom stereocenters. The fourth-order valence-electron chi connectivity index (χ4n) is 2.89. The molecule has 2 aromatic rings. The Balaban J connectivity index is 1.52. The largest absolute Gasteiger partial charge is 0.374 e. The molecule has 5 nitrogen and oxygen atoms in total. The molecule has 1 atom stereocenters. The zero-order valence-corrected chi connectivity index (χ0v) is 13.9. The van der Waals surface area contributed by atoms with Crippen molar-refractivity contribution in [2.75, 3.05) is 26.2 Å². The average Bonchev–Trinajstić information content (AvgIpc) is 2.86. The van der Waals surface area contributed by atoms with E-state index >= 15 is 0 Å². The molecular formula is C18H24N4O. The predicted molar refractivity (Wildman–Crippen MR) is 91.2 cm³/mol. The number of ether oxygens (including phenoxy) is 1. The third-order valence-electron chi connectivity index (χ3n) is 4.04. The number of morpholine rings is 1. The minimum absolute atomic E-state index is 0.175. The van der Waals surface area contributed by atoms with Gasteiger partial charge in [0, 0.05) is 19.6 Å². The Hall–Kier alpha value is -1.98. The Morgan fingerprint density at radius 1 is 1.26 bits per heavy atom. The SMILES string of the molecule is Cc1nc(C)n(C[C@@H]2CN(C/C=C\c3ccccc3)CCO2)n1. The van der Waals surface area contributed by atoms with Crippen LogP contribution in [0.3, 0.4) is 0 Å². The number of hydrogen-bond donors (Lipinski definition) is 0. The van der Waals surface area contributed by atoms with Crippen molar-refractivity contribution < 1.29 is 4.74 Å². The van der Waals surface area contributed by atoms with Crippen molar-refractivity contribution in [1.29, 1.82) is 0 Å². The normalized spacial score (nSPS) is 19.5. The summed E-state index contributed by atoms with van der Waals surface area (Å²) in [6.45, 7) is 8.31. The van der Waals surface area contributed by atoms with Crippen LogP contribution in [-0.4, -0.2) is 52.0 Å². The quantitative estimate of drug-likeness (QED) is 0.850. The number of rotatable bonds is 5. The van der Waals surface area contributed by atoms with Gasteiger partial charge in [0.2, 0.25) is 0 Å². The molecule has 1 aromatic heterocycles. The first-order valence-electron chi connectivity index (χ1n) is 8.14. The van der Waals surface area contributed by atoms with Gasteiger partial charge in [0.25, 0.3) is 0 Å². The van der Waals surface area contributed by atoms with Gasteiger partial charge >= 0.3 is 0 Å². The Bertz CT molecular complexity index is 650. The lowest BCUT2D eigenvalue weighted by molar-refractivity contribution is -0.0341. The van der Waals surface area contributed by atoms with Gasteiger partial charge in [-0.3, -0.25) is 4.90 Å². The molecule has 0 aliphatic carbocycles. The van der Waals surface area contributed by atoms with Gasteiger partial charge in [0.05, 0.1) is 19.3 Å². The number of aryl methyl sites for hydroxylation is 2. The second-order valence-electron chi connectivity index (χ2n) is 5.95. The molecule has 1 fully saturated rings. The van der Waals surface area contributed by atoms with Crippen molar-refractivity contribution >= 4 is 6.08 Å². The first-order valence-corrected chi connectivity index (χ1v) is 8.14. The monoisotopic (exact) mass is 312 g/mol. The van der Waals surface area contributed by atoms with E-state index in [0.717, 1.165) is 44.4 Å². The summed E-state index contributed by atoms with van der Waals surface area (Å²) in [5.74, 6) is 1.77. The van der Waals surface area contributed by atoms with Crippen LogP contribution in [0.15, 0.2) is 36.4 Å². The Labute approximate surface area is 137 Å². The highest BCUT2D eigenvalue weighted by atomic mass is 16.5. The molecule has 0 saturated carbocycles. The Morgan fingerprint density at radius 2 is 2.09 bits per heavy atom. The number of benzene rings is 1. The van der Waals surface area contributed by atoms with Gasteiger partial charge in [-0.15, -0.1) is 0 Å². The third kappa shape index (κ3) is 4.50. The second kappa shape index (κ2) is 7.53. The van der Waals surface area contributed by atoms with E-state index in [1.54, 1.807) is 0 Å². The van der Waals surface area contributed by atoms with E-state index in [0.29, 0.717) is 0 Å². The van der Waals surface area contributed by atoms with Gasteiger partial charge in [-0.2, -0.15) is 5.10 Å². The smallest absolute Gasteiger partial charge is 0.147 e. The van der Waals surface area contributed by atoms with Crippen molar-refractivity contribution in [2.24, 2.45) is 0 Å². The highest BCUT2D eigenvalue weighted by molar-refractivity contribution is 5.48. The number of nitrogens with zero attached hydrogens (tertiary/aromatic N) is 4. The first kappa shape index (κ1) is 15.9. The van der Waals surface area contributed by atoms with E-state index in [2.05, 4.69) is 51.4 Å². The van der Waals surface area contributed by atoms with Crippen molar-refractivity contribution in [3.63, 3.8) is 0 Å². The molecule has 3 rings (SSSR count). The van der Waals surface area contributed by atoms with E-state index < -0.39 is 0 Å². The molecule has 2 heterocycles. The maximum absolute atomic E-state index is 5.89. The van der Waals surface area contributed by atoms with Crippen LogP contribution in [0.1, 0.15) is 17.2 Å². The van der Waals surface area contributed by atoms with Gasteiger partial charge in [-0.25, -0.2) is 9.67 Å². The Morgan fingerprint density at radius 3 is 2.83 bits per heavy atom. The van der Waals surface area contributed by atoms with Crippen LogP contribution in [-0.2, 0) is 11.3 Å². The van der Waals surface area contributed by atoms with Crippen LogP contribution >= 0.6 is 0 Å². The van der Waals surface area contributed by atoms with Crippen molar-refractivity contribution in [2.45, 2.75) is 26.5 Å². The lowest BCUT2D eigenvalue weighted by Gasteiger charge is -2.32. The molecule has 1 aromatic carbocycles. The van der Waals surface area contributed by atoms with Crippen LogP contribution in [0.4, 0.5) is 0 Å². The van der Waals surface area contributed by atoms with Crippen molar-refractivity contribution in [1.82, 2.24) is 19.7 Å². The fourth-order valence-corrected chi connectivity index (χ4v) is 2.89. The molecule has 0 radical (unpaired) electrons. The molecule has 0 N–H and O–H groups in total. The topological polar surface area (TPSA) is 43.2 Å². The summed E-state index contributed by atoms with van der Waals surface area (Å²) >= 11 is 0. The van der Waals surface area contributed by atoms with Gasteiger partial charge in [0.15, 0.2) is 0 Å². The lowest BCUT2D eigenvalue weighted by Crippen LogP contribution is -2.44. The van der Waals surface area contributed by atoms with Gasteiger partial charge in [-0.1, -0.05) is 42.5 Å².